The van der Waals surface area contributed by atoms with E-state index < -0.39 is 20.6 Å². The van der Waals surface area contributed by atoms with Gasteiger partial charge in [0, 0.05) is 18.3 Å². The average molecular weight is 341 g/mol. The summed E-state index contributed by atoms with van der Waals surface area (Å²) in [6, 6.07) is 3.35. The van der Waals surface area contributed by atoms with Gasteiger partial charge in [-0.25, -0.2) is 19.0 Å². The number of nitro groups is 1. The summed E-state index contributed by atoms with van der Waals surface area (Å²) in [5, 5.41) is 22.7. The Labute approximate surface area is 131 Å². The number of anilines is 1. The Morgan fingerprint density at radius 3 is 2.70 bits per heavy atom. The minimum absolute atomic E-state index is 0.149. The maximum Gasteiger partial charge on any atom is 0.293 e. The first-order valence-electron chi connectivity index (χ1n) is 6.59. The van der Waals surface area contributed by atoms with Gasteiger partial charge in [-0.1, -0.05) is 0 Å². The highest BCUT2D eigenvalue weighted by molar-refractivity contribution is 7.89. The van der Waals surface area contributed by atoms with Gasteiger partial charge >= 0.3 is 0 Å². The molecule has 1 aliphatic heterocycles. The van der Waals surface area contributed by atoms with Crippen molar-refractivity contribution in [2.75, 3.05) is 11.9 Å². The van der Waals surface area contributed by atoms with Crippen molar-refractivity contribution in [3.63, 3.8) is 0 Å². The van der Waals surface area contributed by atoms with E-state index in [1.54, 1.807) is 6.92 Å². The van der Waals surface area contributed by atoms with Crippen LogP contribution in [-0.4, -0.2) is 31.5 Å². The van der Waals surface area contributed by atoms with Crippen molar-refractivity contribution in [3.8, 4) is 0 Å². The number of amides is 1. The normalized spacial score (nSPS) is 17.6. The number of nitrogens with zero attached hydrogens (tertiary/aromatic N) is 2. The molecular formula is C12H15N5O5S. The summed E-state index contributed by atoms with van der Waals surface area (Å²) in [6.45, 7) is 1.99. The number of primary sulfonamides is 1. The molecule has 0 saturated heterocycles. The highest BCUT2D eigenvalue weighted by atomic mass is 32.2. The van der Waals surface area contributed by atoms with Gasteiger partial charge in [-0.2, -0.15) is 5.10 Å². The molecule has 4 N–H and O–H groups in total. The van der Waals surface area contributed by atoms with Gasteiger partial charge in [0.2, 0.25) is 15.9 Å². The van der Waals surface area contributed by atoms with Crippen LogP contribution in [0.1, 0.15) is 13.3 Å². The van der Waals surface area contributed by atoms with Crippen molar-refractivity contribution in [2.45, 2.75) is 18.2 Å². The molecule has 0 aromatic heterocycles. The molecule has 1 heterocycles. The number of nitrogens with two attached hydrogens (primary N) is 1. The number of hydrogen-bond donors (Lipinski definition) is 3. The van der Waals surface area contributed by atoms with Crippen LogP contribution >= 0.6 is 0 Å². The Morgan fingerprint density at radius 1 is 1.48 bits per heavy atom. The molecule has 0 unspecified atom stereocenters. The molecule has 0 bridgehead atoms. The van der Waals surface area contributed by atoms with Gasteiger partial charge in [-0.3, -0.25) is 14.9 Å². The number of rotatable bonds is 6. The fourth-order valence-electron chi connectivity index (χ4n) is 2.17. The van der Waals surface area contributed by atoms with Gasteiger partial charge < -0.3 is 5.32 Å². The molecule has 1 atom stereocenters. The van der Waals surface area contributed by atoms with Gasteiger partial charge in [0.05, 0.1) is 15.7 Å². The number of hydrazone groups is 1. The Kier molecular flexibility index (Phi) is 4.61. The fraction of sp³-hybridized carbons (Fsp3) is 0.333. The summed E-state index contributed by atoms with van der Waals surface area (Å²) in [4.78, 5) is 21.5. The molecule has 10 nitrogen and oxygen atoms in total. The zero-order valence-electron chi connectivity index (χ0n) is 12.1. The van der Waals surface area contributed by atoms with Crippen LogP contribution in [-0.2, 0) is 14.8 Å². The molecule has 0 spiro atoms. The predicted octanol–water partition coefficient (Wildman–Crippen LogP) is 0.166. The van der Waals surface area contributed by atoms with Gasteiger partial charge in [0.25, 0.3) is 5.69 Å². The van der Waals surface area contributed by atoms with Crippen LogP contribution in [0.4, 0.5) is 11.4 Å². The number of carbonyl (C=O) groups is 1. The molecule has 124 valence electrons. The van der Waals surface area contributed by atoms with E-state index in [1.807, 2.05) is 0 Å². The quantitative estimate of drug-likeness (QED) is 0.494. The third kappa shape index (κ3) is 3.81. The molecule has 11 heteroatoms. The fourth-order valence-corrected chi connectivity index (χ4v) is 2.70. The Balaban J connectivity index is 2.12. The number of carbonyl (C=O) groups excluding carboxylic acids is 1. The first kappa shape index (κ1) is 16.8. The smallest absolute Gasteiger partial charge is 0.293 e. The zero-order chi connectivity index (χ0) is 17.2. The maximum atomic E-state index is 11.5. The molecule has 1 amide bonds. The maximum absolute atomic E-state index is 11.5. The van der Waals surface area contributed by atoms with E-state index in [9.17, 15) is 23.3 Å². The molecule has 0 saturated carbocycles. The Morgan fingerprint density at radius 2 is 2.17 bits per heavy atom. The van der Waals surface area contributed by atoms with E-state index in [1.165, 1.54) is 12.1 Å². The van der Waals surface area contributed by atoms with E-state index >= 15 is 0 Å². The summed E-state index contributed by atoms with van der Waals surface area (Å²) >= 11 is 0. The van der Waals surface area contributed by atoms with Crippen LogP contribution in [0.5, 0.6) is 0 Å². The zero-order valence-corrected chi connectivity index (χ0v) is 13.0. The second-order valence-corrected chi connectivity index (χ2v) is 6.54. The summed E-state index contributed by atoms with van der Waals surface area (Å²) in [5.74, 6) is -0.603. The van der Waals surface area contributed by atoms with Crippen LogP contribution in [0.25, 0.3) is 0 Å². The minimum atomic E-state index is -4.02. The molecule has 1 aromatic rings. The third-order valence-corrected chi connectivity index (χ3v) is 4.32. The van der Waals surface area contributed by atoms with E-state index in [4.69, 9.17) is 5.14 Å². The Hall–Kier alpha value is -2.53. The van der Waals surface area contributed by atoms with E-state index in [0.717, 1.165) is 6.07 Å². The predicted molar refractivity (Wildman–Crippen MR) is 82.3 cm³/mol. The number of nitrogens with one attached hydrogen (secondary N) is 2. The van der Waals surface area contributed by atoms with Crippen LogP contribution in [0.3, 0.4) is 0 Å². The molecule has 0 fully saturated rings. The van der Waals surface area contributed by atoms with Crippen molar-refractivity contribution < 1.29 is 18.1 Å². The molecule has 1 aliphatic rings. The summed E-state index contributed by atoms with van der Waals surface area (Å²) in [6.07, 6.45) is 0.398. The van der Waals surface area contributed by atoms with Gasteiger partial charge in [-0.05, 0) is 25.5 Å². The minimum Gasteiger partial charge on any atom is -0.379 e. The topological polar surface area (TPSA) is 157 Å². The Bertz CT molecular complexity index is 789. The SMILES string of the molecule is CC1=NNC(=O)[C@H]1CCNc1ccc(S(N)(=O)=O)cc1[N+](=O)[O-]. The monoisotopic (exact) mass is 341 g/mol. The van der Waals surface area contributed by atoms with Gasteiger partial charge in [0.1, 0.15) is 5.69 Å². The van der Waals surface area contributed by atoms with Crippen molar-refractivity contribution in [1.82, 2.24) is 5.43 Å². The highest BCUT2D eigenvalue weighted by Crippen LogP contribution is 2.27. The molecule has 2 rings (SSSR count). The first-order chi connectivity index (χ1) is 10.7. The van der Waals surface area contributed by atoms with Crippen molar-refractivity contribution in [3.05, 3.63) is 28.3 Å². The van der Waals surface area contributed by atoms with Crippen LogP contribution in [0, 0.1) is 16.0 Å². The largest absolute Gasteiger partial charge is 0.379 e. The number of benzene rings is 1. The second kappa shape index (κ2) is 6.30. The highest BCUT2D eigenvalue weighted by Gasteiger charge is 2.26. The molecule has 1 aromatic carbocycles. The second-order valence-electron chi connectivity index (χ2n) is 4.98. The molecule has 0 aliphatic carbocycles. The van der Waals surface area contributed by atoms with E-state index in [2.05, 4.69) is 15.8 Å². The lowest BCUT2D eigenvalue weighted by atomic mass is 10.0. The van der Waals surface area contributed by atoms with Crippen LogP contribution in [0.2, 0.25) is 0 Å². The van der Waals surface area contributed by atoms with E-state index in [0.29, 0.717) is 12.1 Å². The standard InChI is InChI=1S/C12H15N5O5S/c1-7-9(12(18)16-15-7)4-5-14-10-3-2-8(23(13,21)22)6-11(10)17(19)20/h2-3,6,9,14H,4-5H2,1H3,(H,16,18)(H2,13,21,22)/t9-/m0/s1. The summed E-state index contributed by atoms with van der Waals surface area (Å²) in [5.41, 5.74) is 2.75. The molecule has 23 heavy (non-hydrogen) atoms. The average Bonchev–Trinajstić information content (AvgIpc) is 2.78. The number of nitro benzene ring substituents is 1. The molecular weight excluding hydrogens is 326 g/mol. The lowest BCUT2D eigenvalue weighted by Crippen LogP contribution is -2.24. The van der Waals surface area contributed by atoms with Crippen molar-refractivity contribution in [1.29, 1.82) is 0 Å². The summed E-state index contributed by atoms with van der Waals surface area (Å²) < 4.78 is 22.5. The number of sulfonamides is 1. The lowest BCUT2D eigenvalue weighted by molar-refractivity contribution is -0.384. The first-order valence-corrected chi connectivity index (χ1v) is 8.14. The third-order valence-electron chi connectivity index (χ3n) is 3.41. The van der Waals surface area contributed by atoms with E-state index in [-0.39, 0.29) is 29.0 Å². The van der Waals surface area contributed by atoms with Gasteiger partial charge in [0.15, 0.2) is 0 Å². The van der Waals surface area contributed by atoms with Crippen molar-refractivity contribution in [2.24, 2.45) is 16.2 Å². The van der Waals surface area contributed by atoms with Gasteiger partial charge in [-0.15, -0.1) is 0 Å². The summed E-state index contributed by atoms with van der Waals surface area (Å²) in [7, 11) is -4.02. The number of hydrogen-bond acceptors (Lipinski definition) is 7. The lowest BCUT2D eigenvalue weighted by Gasteiger charge is -2.11. The van der Waals surface area contributed by atoms with Crippen molar-refractivity contribution >= 4 is 33.0 Å². The van der Waals surface area contributed by atoms with Crippen LogP contribution in [0.15, 0.2) is 28.2 Å². The molecule has 0 radical (unpaired) electrons. The van der Waals surface area contributed by atoms with Crippen LogP contribution < -0.4 is 15.9 Å².